The number of rotatable bonds is 5. The quantitative estimate of drug-likeness (QED) is 0.791. The molecule has 8 heteroatoms. The van der Waals surface area contributed by atoms with Crippen molar-refractivity contribution >= 4 is 17.7 Å². The van der Waals surface area contributed by atoms with Gasteiger partial charge in [-0.3, -0.25) is 4.79 Å². The zero-order chi connectivity index (χ0) is 15.5. The van der Waals surface area contributed by atoms with E-state index in [1.54, 1.807) is 4.90 Å². The second-order valence-electron chi connectivity index (χ2n) is 4.88. The van der Waals surface area contributed by atoms with Gasteiger partial charge in [0.1, 0.15) is 0 Å². The summed E-state index contributed by atoms with van der Waals surface area (Å²) in [7, 11) is 0. The fourth-order valence-electron chi connectivity index (χ4n) is 2.19. The highest BCUT2D eigenvalue weighted by Gasteiger charge is 2.22. The van der Waals surface area contributed by atoms with Crippen LogP contribution in [0.4, 0.5) is 8.78 Å². The molecule has 0 atom stereocenters. The van der Waals surface area contributed by atoms with E-state index in [1.807, 2.05) is 0 Å². The zero-order valence-corrected chi connectivity index (χ0v) is 12.4. The number of amides is 1. The summed E-state index contributed by atoms with van der Waals surface area (Å²) in [6.07, 6.45) is 1.39. The van der Waals surface area contributed by atoms with E-state index in [-0.39, 0.29) is 22.4 Å². The third kappa shape index (κ3) is 3.27. The third-order valence-electron chi connectivity index (χ3n) is 3.33. The van der Waals surface area contributed by atoms with Gasteiger partial charge in [-0.15, -0.1) is 10.2 Å². The Morgan fingerprint density at radius 3 is 2.95 bits per heavy atom. The van der Waals surface area contributed by atoms with Crippen LogP contribution in [-0.2, 0) is 17.1 Å². The maximum Gasteiger partial charge on any atom is 0.276 e. The van der Waals surface area contributed by atoms with Crippen LogP contribution in [-0.4, -0.2) is 27.5 Å². The number of carbonyl (C=O) groups excluding carboxylic acids is 1. The molecule has 1 aliphatic rings. The fourth-order valence-corrected chi connectivity index (χ4v) is 2.95. The van der Waals surface area contributed by atoms with Crippen molar-refractivity contribution in [1.29, 1.82) is 0 Å². The number of thioether (sulfide) groups is 1. The Morgan fingerprint density at radius 2 is 2.18 bits per heavy atom. The highest BCUT2D eigenvalue weighted by Crippen LogP contribution is 2.24. The molecule has 22 heavy (non-hydrogen) atoms. The molecular weight excluding hydrogens is 312 g/mol. The van der Waals surface area contributed by atoms with Crippen molar-refractivity contribution in [2.75, 3.05) is 6.54 Å². The van der Waals surface area contributed by atoms with Crippen LogP contribution in [0.5, 0.6) is 0 Å². The third-order valence-corrected chi connectivity index (χ3v) is 4.20. The topological polar surface area (TPSA) is 59.2 Å². The van der Waals surface area contributed by atoms with Gasteiger partial charge in [-0.2, -0.15) is 0 Å². The molecule has 1 aliphatic heterocycles. The normalized spacial score (nSPS) is 14.8. The molecule has 5 nitrogen and oxygen atoms in total. The highest BCUT2D eigenvalue weighted by molar-refractivity contribution is 7.98. The molecule has 0 aliphatic carbocycles. The Balaban J connectivity index is 1.60. The fraction of sp³-hybridized carbons (Fsp3) is 0.357. The molecule has 3 rings (SSSR count). The second kappa shape index (κ2) is 6.43. The number of benzene rings is 1. The summed E-state index contributed by atoms with van der Waals surface area (Å²) in [6, 6.07) is 4.03. The van der Waals surface area contributed by atoms with Gasteiger partial charge in [-0.1, -0.05) is 23.9 Å². The molecular formula is C14H13F2N3O2S. The van der Waals surface area contributed by atoms with E-state index >= 15 is 0 Å². The van der Waals surface area contributed by atoms with E-state index in [0.29, 0.717) is 25.4 Å². The predicted molar refractivity (Wildman–Crippen MR) is 74.9 cm³/mol. The molecule has 0 saturated carbocycles. The Hall–Kier alpha value is -1.96. The molecule has 1 aromatic heterocycles. The Bertz CT molecular complexity index is 692. The Labute approximate surface area is 129 Å². The zero-order valence-electron chi connectivity index (χ0n) is 11.6. The van der Waals surface area contributed by atoms with Gasteiger partial charge < -0.3 is 9.32 Å². The summed E-state index contributed by atoms with van der Waals surface area (Å²) in [5.41, 5.74) is 0.236. The van der Waals surface area contributed by atoms with Crippen LogP contribution in [0.3, 0.4) is 0 Å². The van der Waals surface area contributed by atoms with Crippen LogP contribution >= 0.6 is 11.8 Å². The lowest BCUT2D eigenvalue weighted by Gasteiger charge is -2.11. The summed E-state index contributed by atoms with van der Waals surface area (Å²) in [4.78, 5) is 13.2. The van der Waals surface area contributed by atoms with Crippen molar-refractivity contribution in [3.63, 3.8) is 0 Å². The Kier molecular flexibility index (Phi) is 4.37. The maximum atomic E-state index is 13.5. The maximum absolute atomic E-state index is 13.5. The van der Waals surface area contributed by atoms with Gasteiger partial charge in [0.2, 0.25) is 11.8 Å². The molecule has 0 radical (unpaired) electrons. The lowest BCUT2D eigenvalue weighted by molar-refractivity contribution is -0.128. The molecule has 1 aromatic carbocycles. The van der Waals surface area contributed by atoms with E-state index in [1.165, 1.54) is 12.1 Å². The van der Waals surface area contributed by atoms with Crippen molar-refractivity contribution in [2.45, 2.75) is 30.4 Å². The van der Waals surface area contributed by atoms with E-state index < -0.39 is 11.6 Å². The number of hydrogen-bond donors (Lipinski definition) is 0. The van der Waals surface area contributed by atoms with Crippen LogP contribution in [0.25, 0.3) is 0 Å². The average Bonchev–Trinajstić information content (AvgIpc) is 3.11. The number of likely N-dealkylation sites (tertiary alicyclic amines) is 1. The number of aromatic nitrogens is 2. The monoisotopic (exact) mass is 325 g/mol. The number of carbonyl (C=O) groups is 1. The van der Waals surface area contributed by atoms with E-state index in [9.17, 15) is 13.6 Å². The van der Waals surface area contributed by atoms with E-state index in [0.717, 1.165) is 24.2 Å². The molecule has 1 saturated heterocycles. The molecule has 0 unspecified atom stereocenters. The molecule has 1 amide bonds. The number of halogens is 2. The van der Waals surface area contributed by atoms with Gasteiger partial charge >= 0.3 is 0 Å². The largest absolute Gasteiger partial charge is 0.414 e. The summed E-state index contributed by atoms with van der Waals surface area (Å²) in [6.45, 7) is 0.985. The summed E-state index contributed by atoms with van der Waals surface area (Å²) < 4.78 is 32.0. The minimum absolute atomic E-state index is 0.0780. The molecule has 1 fully saturated rings. The first-order chi connectivity index (χ1) is 10.6. The number of nitrogens with zero attached hydrogens (tertiary/aromatic N) is 3. The van der Waals surface area contributed by atoms with Gasteiger partial charge in [-0.25, -0.2) is 8.78 Å². The van der Waals surface area contributed by atoms with Crippen LogP contribution in [0, 0.1) is 11.6 Å². The van der Waals surface area contributed by atoms with Gasteiger partial charge in [-0.05, 0) is 12.5 Å². The SMILES string of the molecule is O=C1CCCN1Cc1nnc(SCc2cccc(F)c2F)o1. The molecule has 0 spiro atoms. The van der Waals surface area contributed by atoms with Gasteiger partial charge in [0.15, 0.2) is 11.6 Å². The van der Waals surface area contributed by atoms with Crippen molar-refractivity contribution in [3.05, 3.63) is 41.3 Å². The van der Waals surface area contributed by atoms with Crippen molar-refractivity contribution in [2.24, 2.45) is 0 Å². The molecule has 0 N–H and O–H groups in total. The number of hydrogen-bond acceptors (Lipinski definition) is 5. The molecule has 2 aromatic rings. The van der Waals surface area contributed by atoms with E-state index in [2.05, 4.69) is 10.2 Å². The van der Waals surface area contributed by atoms with Gasteiger partial charge in [0.05, 0.1) is 6.54 Å². The molecule has 116 valence electrons. The van der Waals surface area contributed by atoms with E-state index in [4.69, 9.17) is 4.42 Å². The first kappa shape index (κ1) is 15.0. The minimum atomic E-state index is -0.878. The van der Waals surface area contributed by atoms with Crippen LogP contribution in [0.1, 0.15) is 24.3 Å². The smallest absolute Gasteiger partial charge is 0.276 e. The molecule has 2 heterocycles. The molecule has 0 bridgehead atoms. The van der Waals surface area contributed by atoms with Crippen LogP contribution < -0.4 is 0 Å². The lowest BCUT2D eigenvalue weighted by atomic mass is 10.2. The summed E-state index contributed by atoms with van der Waals surface area (Å²) >= 11 is 1.13. The first-order valence-corrected chi connectivity index (χ1v) is 7.78. The van der Waals surface area contributed by atoms with Crippen LogP contribution in [0.2, 0.25) is 0 Å². The van der Waals surface area contributed by atoms with Crippen molar-refractivity contribution < 1.29 is 18.0 Å². The Morgan fingerprint density at radius 1 is 1.32 bits per heavy atom. The first-order valence-electron chi connectivity index (χ1n) is 6.79. The summed E-state index contributed by atoms with van der Waals surface area (Å²) in [5.74, 6) is -1.13. The second-order valence-corrected chi connectivity index (χ2v) is 5.81. The predicted octanol–water partition coefficient (Wildman–Crippen LogP) is 2.76. The minimum Gasteiger partial charge on any atom is -0.414 e. The van der Waals surface area contributed by atoms with Crippen molar-refractivity contribution in [1.82, 2.24) is 15.1 Å². The highest BCUT2D eigenvalue weighted by atomic mass is 32.2. The standard InChI is InChI=1S/C14H13F2N3O2S/c15-10-4-1-3-9(13(10)16)8-22-14-18-17-11(21-14)7-19-6-2-5-12(19)20/h1,3-4H,2,5-8H2. The van der Waals surface area contributed by atoms with Gasteiger partial charge in [0.25, 0.3) is 5.22 Å². The summed E-state index contributed by atoms with van der Waals surface area (Å²) in [5, 5.41) is 7.98. The average molecular weight is 325 g/mol. The lowest BCUT2D eigenvalue weighted by Crippen LogP contribution is -2.23. The van der Waals surface area contributed by atoms with Crippen LogP contribution in [0.15, 0.2) is 27.8 Å². The van der Waals surface area contributed by atoms with Gasteiger partial charge in [0, 0.05) is 24.3 Å². The van der Waals surface area contributed by atoms with Crippen molar-refractivity contribution in [3.8, 4) is 0 Å².